The highest BCUT2D eigenvalue weighted by atomic mass is 14.1. The molecule has 0 aliphatic rings. The maximum absolute atomic E-state index is 3.72. The number of unbranched alkanes of at least 4 members (excludes halogenated alkanes) is 1. The SMILES string of the molecule is C=C(C)C#CCCC=CC(C)(C)C. The second-order valence-electron chi connectivity index (χ2n) is 4.39. The first-order chi connectivity index (χ1) is 5.92. The quantitative estimate of drug-likeness (QED) is 0.339. The molecule has 0 aliphatic carbocycles. The van der Waals surface area contributed by atoms with Crippen molar-refractivity contribution < 1.29 is 0 Å². The van der Waals surface area contributed by atoms with E-state index in [0.29, 0.717) is 5.41 Å². The summed E-state index contributed by atoms with van der Waals surface area (Å²) in [5, 5.41) is 0. The zero-order chi connectivity index (χ0) is 10.3. The van der Waals surface area contributed by atoms with Gasteiger partial charge in [0.1, 0.15) is 0 Å². The van der Waals surface area contributed by atoms with Gasteiger partial charge in [-0.1, -0.05) is 51.3 Å². The van der Waals surface area contributed by atoms with E-state index in [9.17, 15) is 0 Å². The molecule has 0 aliphatic heterocycles. The second-order valence-corrected chi connectivity index (χ2v) is 4.39. The molecular formula is C13H20. The van der Waals surface area contributed by atoms with E-state index in [1.807, 2.05) is 6.92 Å². The summed E-state index contributed by atoms with van der Waals surface area (Å²) >= 11 is 0. The van der Waals surface area contributed by atoms with Crippen molar-refractivity contribution in [2.45, 2.75) is 40.5 Å². The summed E-state index contributed by atoms with van der Waals surface area (Å²) < 4.78 is 0. The minimum atomic E-state index is 0.293. The van der Waals surface area contributed by atoms with Crippen LogP contribution >= 0.6 is 0 Å². The lowest BCUT2D eigenvalue weighted by Crippen LogP contribution is -1.97. The van der Waals surface area contributed by atoms with E-state index in [4.69, 9.17) is 0 Å². The lowest BCUT2D eigenvalue weighted by atomic mass is 9.96. The Balaban J connectivity index is 3.65. The summed E-state index contributed by atoms with van der Waals surface area (Å²) in [6, 6.07) is 0. The van der Waals surface area contributed by atoms with Gasteiger partial charge in [-0.05, 0) is 24.3 Å². The molecule has 0 aromatic rings. The van der Waals surface area contributed by atoms with Gasteiger partial charge < -0.3 is 0 Å². The first-order valence-electron chi connectivity index (χ1n) is 4.74. The second kappa shape index (κ2) is 5.65. The fourth-order valence-electron chi connectivity index (χ4n) is 0.806. The fraction of sp³-hybridized carbons (Fsp3) is 0.538. The lowest BCUT2D eigenvalue weighted by molar-refractivity contribution is 0.542. The Hall–Kier alpha value is -0.960. The Labute approximate surface area is 82.7 Å². The van der Waals surface area contributed by atoms with Gasteiger partial charge in [0.05, 0.1) is 0 Å². The number of allylic oxidation sites excluding steroid dienone is 3. The molecule has 0 saturated heterocycles. The Kier molecular flexibility index (Phi) is 5.23. The molecule has 0 atom stereocenters. The predicted octanol–water partition coefficient (Wildman–Crippen LogP) is 3.95. The third kappa shape index (κ3) is 11.0. The molecule has 0 aromatic heterocycles. The molecule has 0 N–H and O–H groups in total. The Morgan fingerprint density at radius 2 is 2.00 bits per heavy atom. The highest BCUT2D eigenvalue weighted by Crippen LogP contribution is 2.14. The van der Waals surface area contributed by atoms with Crippen LogP contribution < -0.4 is 0 Å². The molecule has 0 heterocycles. The first-order valence-corrected chi connectivity index (χ1v) is 4.74. The Morgan fingerprint density at radius 3 is 2.46 bits per heavy atom. The van der Waals surface area contributed by atoms with E-state index in [1.165, 1.54) is 0 Å². The van der Waals surface area contributed by atoms with Crippen molar-refractivity contribution in [3.8, 4) is 11.8 Å². The molecule has 0 spiro atoms. The molecule has 72 valence electrons. The van der Waals surface area contributed by atoms with Crippen LogP contribution in [-0.4, -0.2) is 0 Å². The number of hydrogen-bond acceptors (Lipinski definition) is 0. The molecule has 0 aromatic carbocycles. The molecule has 0 bridgehead atoms. The molecule has 0 fully saturated rings. The molecule has 0 amide bonds. The van der Waals surface area contributed by atoms with Crippen LogP contribution in [0.15, 0.2) is 24.3 Å². The smallest absolute Gasteiger partial charge is 0.0127 e. The summed E-state index contributed by atoms with van der Waals surface area (Å²) in [5.41, 5.74) is 1.24. The minimum Gasteiger partial charge on any atom is -0.0979 e. The van der Waals surface area contributed by atoms with E-state index >= 15 is 0 Å². The van der Waals surface area contributed by atoms with Crippen LogP contribution in [-0.2, 0) is 0 Å². The standard InChI is InChI=1S/C13H20/c1-12(2)10-8-6-7-9-11-13(3,4)5/h9,11H,1,6-7H2,2-5H3. The number of hydrogen-bond donors (Lipinski definition) is 0. The molecule has 0 saturated carbocycles. The van der Waals surface area contributed by atoms with Crippen molar-refractivity contribution >= 4 is 0 Å². The van der Waals surface area contributed by atoms with E-state index in [-0.39, 0.29) is 0 Å². The maximum atomic E-state index is 3.72. The molecule has 0 unspecified atom stereocenters. The van der Waals surface area contributed by atoms with Crippen LogP contribution in [0.2, 0.25) is 0 Å². The summed E-state index contributed by atoms with van der Waals surface area (Å²) in [4.78, 5) is 0. The van der Waals surface area contributed by atoms with Crippen LogP contribution in [0.1, 0.15) is 40.5 Å². The van der Waals surface area contributed by atoms with Crippen molar-refractivity contribution in [3.63, 3.8) is 0 Å². The maximum Gasteiger partial charge on any atom is 0.0127 e. The zero-order valence-electron chi connectivity index (χ0n) is 9.28. The van der Waals surface area contributed by atoms with Crippen LogP contribution in [0.25, 0.3) is 0 Å². The summed E-state index contributed by atoms with van der Waals surface area (Å²) in [7, 11) is 0. The monoisotopic (exact) mass is 176 g/mol. The van der Waals surface area contributed by atoms with Gasteiger partial charge in [0.2, 0.25) is 0 Å². The molecule has 0 radical (unpaired) electrons. The zero-order valence-corrected chi connectivity index (χ0v) is 9.28. The highest BCUT2D eigenvalue weighted by molar-refractivity contribution is 5.22. The van der Waals surface area contributed by atoms with Gasteiger partial charge in [0.25, 0.3) is 0 Å². The van der Waals surface area contributed by atoms with E-state index < -0.39 is 0 Å². The van der Waals surface area contributed by atoms with Gasteiger partial charge in [-0.25, -0.2) is 0 Å². The third-order valence-corrected chi connectivity index (χ3v) is 1.36. The fourth-order valence-corrected chi connectivity index (χ4v) is 0.806. The molecule has 0 heteroatoms. The van der Waals surface area contributed by atoms with E-state index in [2.05, 4.69) is 51.3 Å². The van der Waals surface area contributed by atoms with Gasteiger partial charge in [0, 0.05) is 6.42 Å². The van der Waals surface area contributed by atoms with Gasteiger partial charge >= 0.3 is 0 Å². The molecule has 0 nitrogen and oxygen atoms in total. The van der Waals surface area contributed by atoms with Crippen LogP contribution in [0, 0.1) is 17.3 Å². The van der Waals surface area contributed by atoms with Crippen molar-refractivity contribution in [2.75, 3.05) is 0 Å². The minimum absolute atomic E-state index is 0.293. The predicted molar refractivity (Wildman–Crippen MR) is 60.4 cm³/mol. The van der Waals surface area contributed by atoms with Crippen LogP contribution in [0.4, 0.5) is 0 Å². The van der Waals surface area contributed by atoms with Crippen molar-refractivity contribution in [1.82, 2.24) is 0 Å². The average molecular weight is 176 g/mol. The van der Waals surface area contributed by atoms with Gasteiger partial charge in [-0.15, -0.1) is 0 Å². The highest BCUT2D eigenvalue weighted by Gasteiger charge is 2.01. The van der Waals surface area contributed by atoms with Crippen molar-refractivity contribution in [2.24, 2.45) is 5.41 Å². The summed E-state index contributed by atoms with van der Waals surface area (Å²) in [5.74, 6) is 6.04. The van der Waals surface area contributed by atoms with Gasteiger partial charge in [-0.2, -0.15) is 0 Å². The summed E-state index contributed by atoms with van der Waals surface area (Å²) in [6.07, 6.45) is 6.40. The molecule has 0 rings (SSSR count). The average Bonchev–Trinajstić information content (AvgIpc) is 1.93. The van der Waals surface area contributed by atoms with Crippen LogP contribution in [0.3, 0.4) is 0 Å². The van der Waals surface area contributed by atoms with Gasteiger partial charge in [0.15, 0.2) is 0 Å². The molecular weight excluding hydrogens is 156 g/mol. The largest absolute Gasteiger partial charge is 0.0979 e. The topological polar surface area (TPSA) is 0 Å². The normalized spacial score (nSPS) is 11.1. The Morgan fingerprint density at radius 1 is 1.38 bits per heavy atom. The Bertz CT molecular complexity index is 237. The van der Waals surface area contributed by atoms with Crippen LogP contribution in [0.5, 0.6) is 0 Å². The summed E-state index contributed by atoms with van der Waals surface area (Å²) in [6.45, 7) is 12.2. The van der Waals surface area contributed by atoms with Crippen molar-refractivity contribution in [1.29, 1.82) is 0 Å². The molecule has 13 heavy (non-hydrogen) atoms. The van der Waals surface area contributed by atoms with E-state index in [1.54, 1.807) is 0 Å². The number of rotatable bonds is 2. The lowest BCUT2D eigenvalue weighted by Gasteiger charge is -2.10. The first kappa shape index (κ1) is 12.0. The van der Waals surface area contributed by atoms with Gasteiger partial charge in [-0.3, -0.25) is 0 Å². The van der Waals surface area contributed by atoms with E-state index in [0.717, 1.165) is 18.4 Å². The van der Waals surface area contributed by atoms with Crippen molar-refractivity contribution in [3.05, 3.63) is 24.3 Å². The third-order valence-electron chi connectivity index (χ3n) is 1.36.